The van der Waals surface area contributed by atoms with Crippen molar-refractivity contribution in [3.05, 3.63) is 29.8 Å². The average molecular weight is 259 g/mol. The van der Waals surface area contributed by atoms with Gasteiger partial charge in [0.2, 0.25) is 0 Å². The highest BCUT2D eigenvalue weighted by Gasteiger charge is 2.18. The van der Waals surface area contributed by atoms with Crippen LogP contribution >= 0.6 is 0 Å². The standard InChI is InChI=1S/C16H25N3/c1-2-6-13-7-5-11-19(12-10-13)15-9-4-3-8-14(15)16(17)18/h3-4,8-9,13H,2,5-7,10-12H2,1H3,(H3,17,18). The van der Waals surface area contributed by atoms with E-state index in [1.54, 1.807) is 0 Å². The van der Waals surface area contributed by atoms with Gasteiger partial charge in [-0.3, -0.25) is 5.41 Å². The first-order valence-electron chi connectivity index (χ1n) is 7.40. The van der Waals surface area contributed by atoms with Crippen LogP contribution in [0.5, 0.6) is 0 Å². The van der Waals surface area contributed by atoms with Gasteiger partial charge < -0.3 is 10.6 Å². The minimum Gasteiger partial charge on any atom is -0.384 e. The Morgan fingerprint density at radius 3 is 2.84 bits per heavy atom. The highest BCUT2D eigenvalue weighted by Crippen LogP contribution is 2.27. The van der Waals surface area contributed by atoms with Crippen molar-refractivity contribution in [2.75, 3.05) is 18.0 Å². The van der Waals surface area contributed by atoms with Crippen molar-refractivity contribution in [2.24, 2.45) is 11.7 Å². The van der Waals surface area contributed by atoms with Crippen molar-refractivity contribution < 1.29 is 0 Å². The van der Waals surface area contributed by atoms with Gasteiger partial charge in [0.05, 0.1) is 0 Å². The molecule has 1 heterocycles. The Morgan fingerprint density at radius 2 is 2.11 bits per heavy atom. The largest absolute Gasteiger partial charge is 0.384 e. The van der Waals surface area contributed by atoms with Crippen molar-refractivity contribution in [3.63, 3.8) is 0 Å². The van der Waals surface area contributed by atoms with E-state index in [1.165, 1.54) is 32.1 Å². The fourth-order valence-electron chi connectivity index (χ4n) is 3.08. The molecule has 1 aromatic carbocycles. The number of anilines is 1. The summed E-state index contributed by atoms with van der Waals surface area (Å²) in [7, 11) is 0. The van der Waals surface area contributed by atoms with E-state index in [2.05, 4.69) is 17.9 Å². The number of hydrogen-bond donors (Lipinski definition) is 2. The number of nitrogens with two attached hydrogens (primary N) is 1. The molecular weight excluding hydrogens is 234 g/mol. The van der Waals surface area contributed by atoms with E-state index < -0.39 is 0 Å². The molecule has 1 atom stereocenters. The van der Waals surface area contributed by atoms with Gasteiger partial charge in [0.15, 0.2) is 0 Å². The summed E-state index contributed by atoms with van der Waals surface area (Å²) in [6, 6.07) is 8.04. The maximum absolute atomic E-state index is 7.71. The van der Waals surface area contributed by atoms with E-state index in [1.807, 2.05) is 18.2 Å². The molecule has 0 saturated carbocycles. The number of nitrogen functional groups attached to an aromatic ring is 1. The molecule has 1 aliphatic heterocycles. The van der Waals surface area contributed by atoms with E-state index >= 15 is 0 Å². The number of benzene rings is 1. The van der Waals surface area contributed by atoms with Gasteiger partial charge in [-0.25, -0.2) is 0 Å². The van der Waals surface area contributed by atoms with E-state index in [0.717, 1.165) is 30.3 Å². The van der Waals surface area contributed by atoms with Gasteiger partial charge in [0, 0.05) is 24.3 Å². The molecule has 3 nitrogen and oxygen atoms in total. The lowest BCUT2D eigenvalue weighted by atomic mass is 9.96. The molecule has 0 bridgehead atoms. The van der Waals surface area contributed by atoms with Crippen LogP contribution in [0.15, 0.2) is 24.3 Å². The first-order chi connectivity index (χ1) is 9.22. The van der Waals surface area contributed by atoms with Gasteiger partial charge in [-0.15, -0.1) is 0 Å². The number of para-hydroxylation sites is 1. The number of amidine groups is 1. The van der Waals surface area contributed by atoms with Crippen LogP contribution in [0, 0.1) is 11.3 Å². The molecule has 3 N–H and O–H groups in total. The van der Waals surface area contributed by atoms with Gasteiger partial charge in [-0.05, 0) is 37.3 Å². The van der Waals surface area contributed by atoms with Crippen LogP contribution in [0.25, 0.3) is 0 Å². The summed E-state index contributed by atoms with van der Waals surface area (Å²) < 4.78 is 0. The second-order valence-corrected chi connectivity index (χ2v) is 5.50. The summed E-state index contributed by atoms with van der Waals surface area (Å²) in [5.74, 6) is 1.05. The molecule has 104 valence electrons. The van der Waals surface area contributed by atoms with Crippen molar-refractivity contribution >= 4 is 11.5 Å². The SMILES string of the molecule is CCCC1CCCN(c2ccccc2C(=N)N)CC1. The Balaban J connectivity index is 2.12. The van der Waals surface area contributed by atoms with Crippen LogP contribution < -0.4 is 10.6 Å². The molecule has 2 rings (SSSR count). The summed E-state index contributed by atoms with van der Waals surface area (Å²) in [5.41, 5.74) is 7.70. The maximum Gasteiger partial charge on any atom is 0.124 e. The summed E-state index contributed by atoms with van der Waals surface area (Å²) in [4.78, 5) is 2.41. The quantitative estimate of drug-likeness (QED) is 0.643. The number of rotatable bonds is 4. The fraction of sp³-hybridized carbons (Fsp3) is 0.562. The average Bonchev–Trinajstić information content (AvgIpc) is 2.65. The monoisotopic (exact) mass is 259 g/mol. The van der Waals surface area contributed by atoms with Crippen LogP contribution in [0.2, 0.25) is 0 Å². The molecule has 1 unspecified atom stereocenters. The zero-order valence-electron chi connectivity index (χ0n) is 11.9. The first-order valence-corrected chi connectivity index (χ1v) is 7.40. The predicted molar refractivity (Wildman–Crippen MR) is 81.9 cm³/mol. The van der Waals surface area contributed by atoms with E-state index in [4.69, 9.17) is 11.1 Å². The lowest BCUT2D eigenvalue weighted by molar-refractivity contribution is 0.435. The molecule has 1 saturated heterocycles. The van der Waals surface area contributed by atoms with Crippen molar-refractivity contribution in [3.8, 4) is 0 Å². The number of nitrogens with one attached hydrogen (secondary N) is 1. The normalized spacial score (nSPS) is 20.1. The van der Waals surface area contributed by atoms with E-state index in [9.17, 15) is 0 Å². The van der Waals surface area contributed by atoms with Crippen LogP contribution in [0.4, 0.5) is 5.69 Å². The Labute approximate surface area is 116 Å². The molecule has 0 radical (unpaired) electrons. The third-order valence-corrected chi connectivity index (χ3v) is 4.08. The van der Waals surface area contributed by atoms with Crippen molar-refractivity contribution in [1.82, 2.24) is 0 Å². The molecule has 1 aliphatic rings. The van der Waals surface area contributed by atoms with Crippen LogP contribution in [-0.2, 0) is 0 Å². The molecule has 19 heavy (non-hydrogen) atoms. The number of nitrogens with zero attached hydrogens (tertiary/aromatic N) is 1. The smallest absolute Gasteiger partial charge is 0.124 e. The van der Waals surface area contributed by atoms with Gasteiger partial charge >= 0.3 is 0 Å². The maximum atomic E-state index is 7.71. The van der Waals surface area contributed by atoms with Gasteiger partial charge in [-0.2, -0.15) is 0 Å². The van der Waals surface area contributed by atoms with Crippen LogP contribution in [0.3, 0.4) is 0 Å². The van der Waals surface area contributed by atoms with Gasteiger partial charge in [0.25, 0.3) is 0 Å². The minimum absolute atomic E-state index is 0.171. The molecule has 0 aliphatic carbocycles. The van der Waals surface area contributed by atoms with Crippen molar-refractivity contribution in [2.45, 2.75) is 39.0 Å². The zero-order valence-corrected chi connectivity index (χ0v) is 11.9. The Hall–Kier alpha value is -1.51. The first kappa shape index (κ1) is 13.9. The second kappa shape index (κ2) is 6.60. The minimum atomic E-state index is 0.171. The van der Waals surface area contributed by atoms with Gasteiger partial charge in [0.1, 0.15) is 5.84 Å². The molecule has 0 amide bonds. The third kappa shape index (κ3) is 3.49. The molecular formula is C16H25N3. The Bertz CT molecular complexity index is 428. The van der Waals surface area contributed by atoms with E-state index in [-0.39, 0.29) is 5.84 Å². The number of hydrogen-bond acceptors (Lipinski definition) is 2. The second-order valence-electron chi connectivity index (χ2n) is 5.50. The van der Waals surface area contributed by atoms with Crippen LogP contribution in [-0.4, -0.2) is 18.9 Å². The third-order valence-electron chi connectivity index (χ3n) is 4.08. The predicted octanol–water partition coefficient (Wildman–Crippen LogP) is 3.38. The summed E-state index contributed by atoms with van der Waals surface area (Å²) in [6.45, 7) is 4.45. The Morgan fingerprint density at radius 1 is 1.32 bits per heavy atom. The van der Waals surface area contributed by atoms with E-state index in [0.29, 0.717) is 0 Å². The molecule has 3 heteroatoms. The topological polar surface area (TPSA) is 53.1 Å². The zero-order chi connectivity index (χ0) is 13.7. The molecule has 1 aromatic rings. The lowest BCUT2D eigenvalue weighted by Gasteiger charge is -2.25. The van der Waals surface area contributed by atoms with Gasteiger partial charge in [-0.1, -0.05) is 31.9 Å². The summed E-state index contributed by atoms with van der Waals surface area (Å²) in [5, 5.41) is 7.71. The summed E-state index contributed by atoms with van der Waals surface area (Å²) in [6.07, 6.45) is 6.49. The highest BCUT2D eigenvalue weighted by molar-refractivity contribution is 6.00. The highest BCUT2D eigenvalue weighted by atomic mass is 15.1. The van der Waals surface area contributed by atoms with Crippen molar-refractivity contribution in [1.29, 1.82) is 5.41 Å². The fourth-order valence-corrected chi connectivity index (χ4v) is 3.08. The summed E-state index contributed by atoms with van der Waals surface area (Å²) >= 11 is 0. The molecule has 1 fully saturated rings. The Kier molecular flexibility index (Phi) is 4.83. The lowest BCUT2D eigenvalue weighted by Crippen LogP contribution is -2.27. The molecule has 0 aromatic heterocycles. The molecule has 0 spiro atoms. The van der Waals surface area contributed by atoms with Crippen LogP contribution in [0.1, 0.15) is 44.6 Å².